The number of piperidine rings is 1. The zero-order chi connectivity index (χ0) is 15.1. The maximum Gasteiger partial charge on any atom is 0.208 e. The lowest BCUT2D eigenvalue weighted by molar-refractivity contribution is 0.416. The van der Waals surface area contributed by atoms with Crippen LogP contribution in [0.2, 0.25) is 0 Å². The molecular weight excluding hydrogens is 303 g/mol. The number of aryl methyl sites for hydroxylation is 1. The SMILES string of the molecule is Cc1nnc(N2CCC(c3noc4cc(F)ccc34)CC2)s1. The minimum atomic E-state index is -0.295. The van der Waals surface area contributed by atoms with E-state index in [0.29, 0.717) is 11.5 Å². The highest BCUT2D eigenvalue weighted by Gasteiger charge is 2.26. The van der Waals surface area contributed by atoms with Crippen molar-refractivity contribution in [3.63, 3.8) is 0 Å². The Balaban J connectivity index is 1.53. The zero-order valence-corrected chi connectivity index (χ0v) is 12.9. The van der Waals surface area contributed by atoms with Gasteiger partial charge >= 0.3 is 0 Å². The molecule has 3 heterocycles. The number of benzene rings is 1. The first-order chi connectivity index (χ1) is 10.7. The molecule has 2 aromatic heterocycles. The molecule has 0 atom stereocenters. The maximum absolute atomic E-state index is 13.2. The van der Waals surface area contributed by atoms with Gasteiger partial charge in [0.25, 0.3) is 0 Å². The van der Waals surface area contributed by atoms with Crippen LogP contribution in [0, 0.1) is 12.7 Å². The first-order valence-corrected chi connectivity index (χ1v) is 8.12. The van der Waals surface area contributed by atoms with Gasteiger partial charge < -0.3 is 9.42 Å². The van der Waals surface area contributed by atoms with Gasteiger partial charge in [0.1, 0.15) is 10.8 Å². The molecule has 1 aromatic carbocycles. The molecule has 0 spiro atoms. The summed E-state index contributed by atoms with van der Waals surface area (Å²) in [5, 5.41) is 15.4. The molecule has 4 rings (SSSR count). The van der Waals surface area contributed by atoms with Gasteiger partial charge in [-0.1, -0.05) is 16.5 Å². The highest BCUT2D eigenvalue weighted by molar-refractivity contribution is 7.15. The minimum absolute atomic E-state index is 0.295. The van der Waals surface area contributed by atoms with Crippen molar-refractivity contribution in [3.8, 4) is 0 Å². The molecule has 0 saturated carbocycles. The van der Waals surface area contributed by atoms with Crippen LogP contribution in [0.5, 0.6) is 0 Å². The van der Waals surface area contributed by atoms with Crippen molar-refractivity contribution in [1.29, 1.82) is 0 Å². The predicted molar refractivity (Wildman–Crippen MR) is 82.8 cm³/mol. The van der Waals surface area contributed by atoms with Crippen LogP contribution >= 0.6 is 11.3 Å². The second kappa shape index (κ2) is 5.31. The number of hydrogen-bond acceptors (Lipinski definition) is 6. The Bertz CT molecular complexity index is 807. The zero-order valence-electron chi connectivity index (χ0n) is 12.1. The van der Waals surface area contributed by atoms with Gasteiger partial charge in [-0.25, -0.2) is 4.39 Å². The van der Waals surface area contributed by atoms with E-state index >= 15 is 0 Å². The van der Waals surface area contributed by atoms with Gasteiger partial charge in [0, 0.05) is 30.5 Å². The lowest BCUT2D eigenvalue weighted by atomic mass is 9.92. The number of halogens is 1. The van der Waals surface area contributed by atoms with Gasteiger partial charge in [-0.15, -0.1) is 10.2 Å². The third-order valence-electron chi connectivity index (χ3n) is 4.13. The predicted octanol–water partition coefficient (Wildman–Crippen LogP) is 3.51. The molecule has 1 saturated heterocycles. The second-order valence-corrected chi connectivity index (χ2v) is 6.73. The summed E-state index contributed by atoms with van der Waals surface area (Å²) in [6.07, 6.45) is 1.97. The van der Waals surface area contributed by atoms with Gasteiger partial charge in [-0.05, 0) is 31.9 Å². The summed E-state index contributed by atoms with van der Waals surface area (Å²) < 4.78 is 18.5. The Morgan fingerprint density at radius 2 is 2.09 bits per heavy atom. The standard InChI is InChI=1S/C15H15FN4OS/c1-9-17-18-15(22-9)20-6-4-10(5-7-20)14-12-3-2-11(16)8-13(12)21-19-14/h2-3,8,10H,4-7H2,1H3. The van der Waals surface area contributed by atoms with Crippen LogP contribution in [0.1, 0.15) is 29.5 Å². The Labute approximate surface area is 130 Å². The monoisotopic (exact) mass is 318 g/mol. The number of fused-ring (bicyclic) bond motifs is 1. The molecule has 22 heavy (non-hydrogen) atoms. The van der Waals surface area contributed by atoms with Gasteiger partial charge in [-0.3, -0.25) is 0 Å². The minimum Gasteiger partial charge on any atom is -0.356 e. The van der Waals surface area contributed by atoms with E-state index in [1.807, 2.05) is 6.92 Å². The van der Waals surface area contributed by atoms with Crippen LogP contribution in [0.4, 0.5) is 9.52 Å². The molecule has 5 nitrogen and oxygen atoms in total. The van der Waals surface area contributed by atoms with Crippen molar-refractivity contribution in [2.45, 2.75) is 25.7 Å². The van der Waals surface area contributed by atoms with E-state index in [2.05, 4.69) is 20.3 Å². The summed E-state index contributed by atoms with van der Waals surface area (Å²) in [5.41, 5.74) is 1.47. The molecule has 0 aliphatic carbocycles. The van der Waals surface area contributed by atoms with E-state index in [4.69, 9.17) is 4.52 Å². The Morgan fingerprint density at radius 1 is 1.27 bits per heavy atom. The molecule has 114 valence electrons. The lowest BCUT2D eigenvalue weighted by Gasteiger charge is -2.30. The van der Waals surface area contributed by atoms with Gasteiger partial charge in [0.2, 0.25) is 5.13 Å². The Hall–Kier alpha value is -2.02. The van der Waals surface area contributed by atoms with E-state index < -0.39 is 0 Å². The first-order valence-electron chi connectivity index (χ1n) is 7.30. The summed E-state index contributed by atoms with van der Waals surface area (Å²) in [7, 11) is 0. The van der Waals surface area contributed by atoms with Crippen LogP contribution in [-0.2, 0) is 0 Å². The van der Waals surface area contributed by atoms with Gasteiger partial charge in [0.05, 0.1) is 5.69 Å². The van der Waals surface area contributed by atoms with Gasteiger partial charge in [-0.2, -0.15) is 0 Å². The molecule has 3 aromatic rings. The molecule has 7 heteroatoms. The fraction of sp³-hybridized carbons (Fsp3) is 0.400. The van der Waals surface area contributed by atoms with E-state index in [1.165, 1.54) is 12.1 Å². The van der Waals surface area contributed by atoms with Crippen LogP contribution in [0.15, 0.2) is 22.7 Å². The third kappa shape index (κ3) is 2.35. The second-order valence-electron chi connectivity index (χ2n) is 5.57. The number of nitrogens with zero attached hydrogens (tertiary/aromatic N) is 4. The molecule has 1 aliphatic rings. The highest BCUT2D eigenvalue weighted by Crippen LogP contribution is 2.34. The summed E-state index contributed by atoms with van der Waals surface area (Å²) >= 11 is 1.63. The van der Waals surface area contributed by atoms with Crippen LogP contribution in [-0.4, -0.2) is 28.4 Å². The summed E-state index contributed by atoms with van der Waals surface area (Å²) in [6.45, 7) is 3.82. The highest BCUT2D eigenvalue weighted by atomic mass is 32.1. The van der Waals surface area contributed by atoms with Crippen molar-refractivity contribution >= 4 is 27.4 Å². The lowest BCUT2D eigenvalue weighted by Crippen LogP contribution is -2.32. The molecule has 0 radical (unpaired) electrons. The fourth-order valence-electron chi connectivity index (χ4n) is 2.98. The van der Waals surface area contributed by atoms with Crippen molar-refractivity contribution < 1.29 is 8.91 Å². The first kappa shape index (κ1) is 13.6. The van der Waals surface area contributed by atoms with Crippen molar-refractivity contribution in [2.24, 2.45) is 0 Å². The van der Waals surface area contributed by atoms with E-state index in [1.54, 1.807) is 17.4 Å². The molecule has 0 amide bonds. The number of rotatable bonds is 2. The average Bonchev–Trinajstić information content (AvgIpc) is 3.13. The molecule has 1 aliphatic heterocycles. The van der Waals surface area contributed by atoms with Crippen LogP contribution < -0.4 is 4.90 Å². The molecular formula is C15H15FN4OS. The normalized spacial score (nSPS) is 16.5. The van der Waals surface area contributed by atoms with E-state index in [-0.39, 0.29) is 5.82 Å². The smallest absolute Gasteiger partial charge is 0.208 e. The topological polar surface area (TPSA) is 55.1 Å². The Morgan fingerprint density at radius 3 is 2.82 bits per heavy atom. The van der Waals surface area contributed by atoms with Crippen LogP contribution in [0.25, 0.3) is 11.0 Å². The number of aromatic nitrogens is 3. The fourth-order valence-corrected chi connectivity index (χ4v) is 3.72. The summed E-state index contributed by atoms with van der Waals surface area (Å²) in [4.78, 5) is 2.27. The van der Waals surface area contributed by atoms with E-state index in [9.17, 15) is 4.39 Å². The quantitative estimate of drug-likeness (QED) is 0.724. The molecule has 0 bridgehead atoms. The van der Waals surface area contributed by atoms with Crippen molar-refractivity contribution in [2.75, 3.05) is 18.0 Å². The van der Waals surface area contributed by atoms with Crippen molar-refractivity contribution in [1.82, 2.24) is 15.4 Å². The van der Waals surface area contributed by atoms with Crippen molar-refractivity contribution in [3.05, 3.63) is 34.7 Å². The van der Waals surface area contributed by atoms with E-state index in [0.717, 1.165) is 47.2 Å². The number of hydrogen-bond donors (Lipinski definition) is 0. The maximum atomic E-state index is 13.2. The molecule has 1 fully saturated rings. The van der Waals surface area contributed by atoms with Gasteiger partial charge in [0.15, 0.2) is 5.58 Å². The largest absolute Gasteiger partial charge is 0.356 e. The molecule has 0 unspecified atom stereocenters. The summed E-state index contributed by atoms with van der Waals surface area (Å²) in [5.74, 6) is 0.0497. The number of anilines is 1. The van der Waals surface area contributed by atoms with Crippen LogP contribution in [0.3, 0.4) is 0 Å². The third-order valence-corrected chi connectivity index (χ3v) is 5.03. The summed E-state index contributed by atoms with van der Waals surface area (Å²) in [6, 6.07) is 4.62. The molecule has 0 N–H and O–H groups in total. The average molecular weight is 318 g/mol. The Kier molecular flexibility index (Phi) is 3.29.